The Labute approximate surface area is 108 Å². The molecule has 0 radical (unpaired) electrons. The number of carbonyl (C=O) groups excluding carboxylic acids is 1. The number of nitrogens with one attached hydrogen (secondary N) is 1. The maximum absolute atomic E-state index is 12.1. The van der Waals surface area contributed by atoms with Gasteiger partial charge in [0.15, 0.2) is 0 Å². The first-order valence-electron chi connectivity index (χ1n) is 6.69. The van der Waals surface area contributed by atoms with E-state index in [1.54, 1.807) is 0 Å². The quantitative estimate of drug-likeness (QED) is 0.852. The first-order valence-corrected chi connectivity index (χ1v) is 6.69. The van der Waals surface area contributed by atoms with E-state index in [0.29, 0.717) is 18.4 Å². The van der Waals surface area contributed by atoms with Crippen LogP contribution in [0.1, 0.15) is 31.2 Å². The molecule has 1 aliphatic rings. The molecule has 1 aromatic heterocycles. The van der Waals surface area contributed by atoms with Crippen LogP contribution in [0.4, 0.5) is 0 Å². The third-order valence-corrected chi connectivity index (χ3v) is 4.03. The van der Waals surface area contributed by atoms with E-state index in [9.17, 15) is 4.79 Å². The van der Waals surface area contributed by atoms with E-state index >= 15 is 0 Å². The molecule has 4 heteroatoms. The van der Waals surface area contributed by atoms with Crippen LogP contribution in [0.2, 0.25) is 0 Å². The van der Waals surface area contributed by atoms with Gasteiger partial charge in [-0.05, 0) is 43.2 Å². The van der Waals surface area contributed by atoms with E-state index in [1.165, 1.54) is 0 Å². The van der Waals surface area contributed by atoms with E-state index in [1.807, 2.05) is 30.4 Å². The molecule has 2 N–H and O–H groups in total. The lowest BCUT2D eigenvalue weighted by Crippen LogP contribution is -2.40. The van der Waals surface area contributed by atoms with Gasteiger partial charge in [0.05, 0.1) is 6.42 Å². The second kappa shape index (κ2) is 6.05. The standard InChI is InChI=1S/C14H22N2O2/c1-16(13-4-2-11(10-17)3-5-13)14(18)8-12-6-7-15-9-12/h6-7,9,11,13,15,17H,2-5,8,10H2,1H3. The molecule has 0 saturated heterocycles. The summed E-state index contributed by atoms with van der Waals surface area (Å²) >= 11 is 0. The van der Waals surface area contributed by atoms with Crippen molar-refractivity contribution in [2.24, 2.45) is 5.92 Å². The Kier molecular flexibility index (Phi) is 4.42. The fraction of sp³-hybridized carbons (Fsp3) is 0.643. The Morgan fingerprint density at radius 3 is 2.72 bits per heavy atom. The molecule has 0 aromatic carbocycles. The van der Waals surface area contributed by atoms with Gasteiger partial charge in [-0.2, -0.15) is 0 Å². The number of H-pyrrole nitrogens is 1. The number of aliphatic hydroxyl groups excluding tert-OH is 1. The monoisotopic (exact) mass is 250 g/mol. The molecule has 1 amide bonds. The third-order valence-electron chi connectivity index (χ3n) is 4.03. The summed E-state index contributed by atoms with van der Waals surface area (Å²) in [6, 6.07) is 2.29. The Hall–Kier alpha value is -1.29. The molecule has 2 rings (SSSR count). The van der Waals surface area contributed by atoms with E-state index < -0.39 is 0 Å². The number of aliphatic hydroxyl groups is 1. The third kappa shape index (κ3) is 3.13. The summed E-state index contributed by atoms with van der Waals surface area (Å²) in [5.74, 6) is 0.622. The van der Waals surface area contributed by atoms with Crippen molar-refractivity contribution in [2.45, 2.75) is 38.1 Å². The van der Waals surface area contributed by atoms with Gasteiger partial charge in [0.25, 0.3) is 0 Å². The summed E-state index contributed by atoms with van der Waals surface area (Å²) in [4.78, 5) is 17.0. The summed E-state index contributed by atoms with van der Waals surface area (Å²) in [6.07, 6.45) is 8.27. The average Bonchev–Trinajstić information content (AvgIpc) is 2.91. The van der Waals surface area contributed by atoms with E-state index in [2.05, 4.69) is 4.98 Å². The van der Waals surface area contributed by atoms with Gasteiger partial charge in [0.2, 0.25) is 5.91 Å². The van der Waals surface area contributed by atoms with Gasteiger partial charge < -0.3 is 15.0 Å². The molecule has 0 atom stereocenters. The van der Waals surface area contributed by atoms with Gasteiger partial charge in [-0.1, -0.05) is 0 Å². The molecule has 0 spiro atoms. The molecule has 0 unspecified atom stereocenters. The normalized spacial score (nSPS) is 23.9. The van der Waals surface area contributed by atoms with Crippen LogP contribution >= 0.6 is 0 Å². The van der Waals surface area contributed by atoms with Crippen molar-refractivity contribution < 1.29 is 9.90 Å². The topological polar surface area (TPSA) is 56.3 Å². The average molecular weight is 250 g/mol. The predicted octanol–water partition coefficient (Wildman–Crippen LogP) is 1.57. The highest BCUT2D eigenvalue weighted by molar-refractivity contribution is 5.78. The Bertz CT molecular complexity index is 367. The molecule has 4 nitrogen and oxygen atoms in total. The first-order chi connectivity index (χ1) is 8.70. The Balaban J connectivity index is 1.83. The second-order valence-electron chi connectivity index (χ2n) is 5.26. The van der Waals surface area contributed by atoms with Crippen molar-refractivity contribution in [1.82, 2.24) is 9.88 Å². The van der Waals surface area contributed by atoms with Crippen molar-refractivity contribution in [2.75, 3.05) is 13.7 Å². The Morgan fingerprint density at radius 1 is 1.44 bits per heavy atom. The van der Waals surface area contributed by atoms with Crippen LogP contribution in [-0.2, 0) is 11.2 Å². The fourth-order valence-corrected chi connectivity index (χ4v) is 2.69. The zero-order chi connectivity index (χ0) is 13.0. The van der Waals surface area contributed by atoms with Gasteiger partial charge in [0.1, 0.15) is 0 Å². The van der Waals surface area contributed by atoms with Crippen LogP contribution in [0, 0.1) is 5.92 Å². The number of aromatic nitrogens is 1. The maximum atomic E-state index is 12.1. The summed E-state index contributed by atoms with van der Waals surface area (Å²) in [5.41, 5.74) is 1.04. The van der Waals surface area contributed by atoms with E-state index in [-0.39, 0.29) is 12.5 Å². The van der Waals surface area contributed by atoms with Crippen molar-refractivity contribution in [3.05, 3.63) is 24.0 Å². The minimum atomic E-state index is 0.182. The number of nitrogens with zero attached hydrogens (tertiary/aromatic N) is 1. The molecule has 100 valence electrons. The van der Waals surface area contributed by atoms with E-state index in [0.717, 1.165) is 31.2 Å². The lowest BCUT2D eigenvalue weighted by Gasteiger charge is -2.34. The molecule has 0 bridgehead atoms. The molecule has 1 aliphatic carbocycles. The molecular formula is C14H22N2O2. The van der Waals surface area contributed by atoms with Crippen LogP contribution in [0.25, 0.3) is 0 Å². The number of likely N-dealkylation sites (N-methyl/N-ethyl adjacent to an activating group) is 1. The second-order valence-corrected chi connectivity index (χ2v) is 5.26. The number of aromatic amines is 1. The van der Waals surface area contributed by atoms with Crippen molar-refractivity contribution in [3.63, 3.8) is 0 Å². The van der Waals surface area contributed by atoms with Gasteiger partial charge in [0, 0.05) is 32.1 Å². The van der Waals surface area contributed by atoms with Gasteiger partial charge >= 0.3 is 0 Å². The number of hydrogen-bond acceptors (Lipinski definition) is 2. The van der Waals surface area contributed by atoms with Crippen LogP contribution in [-0.4, -0.2) is 40.6 Å². The largest absolute Gasteiger partial charge is 0.396 e. The molecular weight excluding hydrogens is 228 g/mol. The van der Waals surface area contributed by atoms with Gasteiger partial charge in [-0.25, -0.2) is 0 Å². The predicted molar refractivity (Wildman–Crippen MR) is 70.1 cm³/mol. The van der Waals surface area contributed by atoms with Gasteiger partial charge in [-0.15, -0.1) is 0 Å². The van der Waals surface area contributed by atoms with Gasteiger partial charge in [-0.3, -0.25) is 4.79 Å². The highest BCUT2D eigenvalue weighted by Crippen LogP contribution is 2.26. The molecule has 1 aromatic rings. The summed E-state index contributed by atoms with van der Waals surface area (Å²) < 4.78 is 0. The smallest absolute Gasteiger partial charge is 0.227 e. The first kappa shape index (κ1) is 13.1. The fourth-order valence-electron chi connectivity index (χ4n) is 2.69. The summed E-state index contributed by atoms with van der Waals surface area (Å²) in [7, 11) is 1.90. The van der Waals surface area contributed by atoms with Crippen LogP contribution in [0.15, 0.2) is 18.5 Å². The van der Waals surface area contributed by atoms with Crippen molar-refractivity contribution >= 4 is 5.91 Å². The zero-order valence-electron chi connectivity index (χ0n) is 10.9. The molecule has 1 saturated carbocycles. The number of rotatable bonds is 4. The maximum Gasteiger partial charge on any atom is 0.227 e. The van der Waals surface area contributed by atoms with E-state index in [4.69, 9.17) is 5.11 Å². The lowest BCUT2D eigenvalue weighted by atomic mass is 9.86. The highest BCUT2D eigenvalue weighted by Gasteiger charge is 2.26. The van der Waals surface area contributed by atoms with Crippen LogP contribution < -0.4 is 0 Å². The SMILES string of the molecule is CN(C(=O)Cc1cc[nH]c1)C1CCC(CO)CC1. The number of carbonyl (C=O) groups is 1. The molecule has 18 heavy (non-hydrogen) atoms. The molecule has 1 fully saturated rings. The summed E-state index contributed by atoms with van der Waals surface area (Å²) in [5, 5.41) is 9.11. The van der Waals surface area contributed by atoms with Crippen molar-refractivity contribution in [3.8, 4) is 0 Å². The molecule has 1 heterocycles. The zero-order valence-corrected chi connectivity index (χ0v) is 10.9. The molecule has 0 aliphatic heterocycles. The van der Waals surface area contributed by atoms with Crippen LogP contribution in [0.5, 0.6) is 0 Å². The highest BCUT2D eigenvalue weighted by atomic mass is 16.3. The minimum absolute atomic E-state index is 0.182. The number of hydrogen-bond donors (Lipinski definition) is 2. The Morgan fingerprint density at radius 2 is 2.17 bits per heavy atom. The number of amides is 1. The van der Waals surface area contributed by atoms with Crippen molar-refractivity contribution in [1.29, 1.82) is 0 Å². The minimum Gasteiger partial charge on any atom is -0.396 e. The van der Waals surface area contributed by atoms with Crippen LogP contribution in [0.3, 0.4) is 0 Å². The summed E-state index contributed by atoms with van der Waals surface area (Å²) in [6.45, 7) is 0.285. The lowest BCUT2D eigenvalue weighted by molar-refractivity contribution is -0.132.